The summed E-state index contributed by atoms with van der Waals surface area (Å²) in [6.07, 6.45) is 4.41. The first-order valence-corrected chi connectivity index (χ1v) is 8.76. The number of hydrogen-bond donors (Lipinski definition) is 3. The number of fused-ring (bicyclic) bond motifs is 1. The minimum absolute atomic E-state index is 0.142. The van der Waals surface area contributed by atoms with Crippen molar-refractivity contribution in [3.8, 4) is 0 Å². The van der Waals surface area contributed by atoms with E-state index in [4.69, 9.17) is 5.73 Å². The lowest BCUT2D eigenvalue weighted by Gasteiger charge is -2.18. The molecule has 0 aliphatic rings. The number of amides is 1. The van der Waals surface area contributed by atoms with E-state index >= 15 is 0 Å². The third-order valence-electron chi connectivity index (χ3n) is 4.51. The van der Waals surface area contributed by atoms with Gasteiger partial charge in [-0.15, -0.1) is 0 Å². The van der Waals surface area contributed by atoms with Crippen LogP contribution in [-0.2, 0) is 25.3 Å². The number of carbonyl (C=O) groups excluding carboxylic acids is 1. The summed E-state index contributed by atoms with van der Waals surface area (Å²) in [5.41, 5.74) is 8.74. The molecule has 2 aromatic heterocycles. The highest BCUT2D eigenvalue weighted by atomic mass is 16.2. The van der Waals surface area contributed by atoms with E-state index < -0.39 is 6.04 Å². The molecule has 8 nitrogen and oxygen atoms in total. The van der Waals surface area contributed by atoms with Gasteiger partial charge in [-0.3, -0.25) is 14.3 Å². The Kier molecular flexibility index (Phi) is 5.16. The van der Waals surface area contributed by atoms with Crippen LogP contribution in [0.3, 0.4) is 0 Å². The zero-order valence-corrected chi connectivity index (χ0v) is 15.7. The maximum Gasteiger partial charge on any atom is 0.252 e. The highest BCUT2D eigenvalue weighted by Crippen LogP contribution is 2.24. The second-order valence-corrected chi connectivity index (χ2v) is 6.66. The molecule has 27 heavy (non-hydrogen) atoms. The zero-order chi connectivity index (χ0) is 19.6. The quantitative estimate of drug-likeness (QED) is 0.563. The molecule has 1 aromatic carbocycles. The number of nitrogens with one attached hydrogen (secondary N) is 2. The van der Waals surface area contributed by atoms with Gasteiger partial charge in [-0.25, -0.2) is 0 Å². The van der Waals surface area contributed by atoms with Crippen LogP contribution in [0.4, 0.5) is 11.4 Å². The number of aryl methyl sites for hydroxylation is 2. The average Bonchev–Trinajstić information content (AvgIpc) is 3.04. The Bertz CT molecular complexity index is 1040. The van der Waals surface area contributed by atoms with Gasteiger partial charge in [0.1, 0.15) is 6.04 Å². The lowest BCUT2D eigenvalue weighted by atomic mass is 10.1. The van der Waals surface area contributed by atoms with Crippen molar-refractivity contribution in [3.63, 3.8) is 0 Å². The Hall–Kier alpha value is -3.29. The summed E-state index contributed by atoms with van der Waals surface area (Å²) in [5.74, 6) is -0.142. The number of nitrogens with two attached hydrogens (primary N) is 1. The highest BCUT2D eigenvalue weighted by molar-refractivity contribution is 5.95. The second kappa shape index (κ2) is 7.53. The average molecular weight is 368 g/mol. The molecular formula is C19H24N6O2. The molecule has 0 bridgehead atoms. The van der Waals surface area contributed by atoms with Crippen molar-refractivity contribution in [1.29, 1.82) is 0 Å². The molecule has 3 aromatic rings. The summed E-state index contributed by atoms with van der Waals surface area (Å²) in [7, 11) is 3.56. The molecular weight excluding hydrogens is 344 g/mol. The van der Waals surface area contributed by atoms with E-state index in [0.29, 0.717) is 24.3 Å². The third kappa shape index (κ3) is 4.11. The standard InChI is InChI=1S/C19H24N6O2/c1-12(19(27)21-7-6-13-10-22-24(2)11-13)23-16-9-18(26)25(3)17-5-4-14(20)8-15(16)17/h4-5,8-12,23H,6-7,20H2,1-3H3,(H,21,27). The summed E-state index contributed by atoms with van der Waals surface area (Å²) < 4.78 is 3.28. The summed E-state index contributed by atoms with van der Waals surface area (Å²) in [6, 6.07) is 6.33. The minimum atomic E-state index is -0.504. The fourth-order valence-corrected chi connectivity index (χ4v) is 2.98. The van der Waals surface area contributed by atoms with Gasteiger partial charge in [0.25, 0.3) is 5.56 Å². The van der Waals surface area contributed by atoms with E-state index in [1.54, 1.807) is 47.6 Å². The molecule has 0 saturated carbocycles. The Morgan fingerprint density at radius 1 is 1.30 bits per heavy atom. The molecule has 0 spiro atoms. The minimum Gasteiger partial charge on any atom is -0.399 e. The van der Waals surface area contributed by atoms with Crippen molar-refractivity contribution in [1.82, 2.24) is 19.7 Å². The number of hydrogen-bond acceptors (Lipinski definition) is 5. The number of carbonyl (C=O) groups is 1. The Balaban J connectivity index is 1.70. The first kappa shape index (κ1) is 18.5. The van der Waals surface area contributed by atoms with Crippen LogP contribution in [-0.4, -0.2) is 32.8 Å². The van der Waals surface area contributed by atoms with Crippen molar-refractivity contribution in [2.75, 3.05) is 17.6 Å². The van der Waals surface area contributed by atoms with Crippen molar-refractivity contribution in [2.24, 2.45) is 14.1 Å². The maximum atomic E-state index is 12.4. The van der Waals surface area contributed by atoms with Gasteiger partial charge in [-0.1, -0.05) is 0 Å². The van der Waals surface area contributed by atoms with Gasteiger partial charge in [-0.2, -0.15) is 5.10 Å². The Labute approximate surface area is 157 Å². The van der Waals surface area contributed by atoms with E-state index in [-0.39, 0.29) is 11.5 Å². The van der Waals surface area contributed by atoms with E-state index in [2.05, 4.69) is 15.7 Å². The van der Waals surface area contributed by atoms with Gasteiger partial charge < -0.3 is 20.9 Å². The number of nitrogen functional groups attached to an aromatic ring is 1. The summed E-state index contributed by atoms with van der Waals surface area (Å²) in [5, 5.41) is 10.9. The van der Waals surface area contributed by atoms with E-state index in [1.807, 2.05) is 13.2 Å². The van der Waals surface area contributed by atoms with E-state index in [0.717, 1.165) is 16.5 Å². The molecule has 142 valence electrons. The molecule has 3 rings (SSSR count). The molecule has 0 fully saturated rings. The normalized spacial score (nSPS) is 12.1. The number of pyridine rings is 1. The maximum absolute atomic E-state index is 12.4. The highest BCUT2D eigenvalue weighted by Gasteiger charge is 2.15. The lowest BCUT2D eigenvalue weighted by Crippen LogP contribution is -2.38. The first-order valence-electron chi connectivity index (χ1n) is 8.76. The van der Waals surface area contributed by atoms with Gasteiger partial charge in [0.2, 0.25) is 5.91 Å². The monoisotopic (exact) mass is 368 g/mol. The van der Waals surface area contributed by atoms with Crippen molar-refractivity contribution in [3.05, 3.63) is 52.6 Å². The van der Waals surface area contributed by atoms with Crippen LogP contribution in [0.1, 0.15) is 12.5 Å². The number of benzene rings is 1. The number of rotatable bonds is 6. The third-order valence-corrected chi connectivity index (χ3v) is 4.51. The largest absolute Gasteiger partial charge is 0.399 e. The summed E-state index contributed by atoms with van der Waals surface area (Å²) in [6.45, 7) is 2.27. The molecule has 8 heteroatoms. The molecule has 4 N–H and O–H groups in total. The predicted molar refractivity (Wildman–Crippen MR) is 107 cm³/mol. The Morgan fingerprint density at radius 3 is 2.78 bits per heavy atom. The molecule has 0 radical (unpaired) electrons. The number of nitrogens with zero attached hydrogens (tertiary/aromatic N) is 3. The lowest BCUT2D eigenvalue weighted by molar-refractivity contribution is -0.121. The van der Waals surface area contributed by atoms with Gasteiger partial charge >= 0.3 is 0 Å². The second-order valence-electron chi connectivity index (χ2n) is 6.66. The topological polar surface area (TPSA) is 107 Å². The number of anilines is 2. The molecule has 0 aliphatic carbocycles. The van der Waals surface area contributed by atoms with Crippen LogP contribution >= 0.6 is 0 Å². The predicted octanol–water partition coefficient (Wildman–Crippen LogP) is 1.01. The molecule has 1 amide bonds. The van der Waals surface area contributed by atoms with E-state index in [9.17, 15) is 9.59 Å². The summed E-state index contributed by atoms with van der Waals surface area (Å²) in [4.78, 5) is 24.6. The van der Waals surface area contributed by atoms with Gasteiger partial charge in [0.05, 0.1) is 11.7 Å². The smallest absolute Gasteiger partial charge is 0.252 e. The van der Waals surface area contributed by atoms with Gasteiger partial charge in [0.15, 0.2) is 0 Å². The number of aromatic nitrogens is 3. The molecule has 1 atom stereocenters. The van der Waals surface area contributed by atoms with Crippen LogP contribution in [0, 0.1) is 0 Å². The van der Waals surface area contributed by atoms with Crippen molar-refractivity contribution >= 4 is 28.2 Å². The van der Waals surface area contributed by atoms with E-state index in [1.165, 1.54) is 6.07 Å². The van der Waals surface area contributed by atoms with Crippen LogP contribution in [0.2, 0.25) is 0 Å². The van der Waals surface area contributed by atoms with Crippen molar-refractivity contribution in [2.45, 2.75) is 19.4 Å². The SMILES string of the molecule is CC(Nc1cc(=O)n(C)c2ccc(N)cc12)C(=O)NCCc1cnn(C)c1. The molecule has 0 aliphatic heterocycles. The summed E-state index contributed by atoms with van der Waals surface area (Å²) >= 11 is 0. The van der Waals surface area contributed by atoms with Gasteiger partial charge in [0, 0.05) is 49.7 Å². The van der Waals surface area contributed by atoms with Crippen LogP contribution in [0.5, 0.6) is 0 Å². The van der Waals surface area contributed by atoms with Crippen LogP contribution in [0.15, 0.2) is 41.5 Å². The van der Waals surface area contributed by atoms with Gasteiger partial charge in [-0.05, 0) is 37.1 Å². The fourth-order valence-electron chi connectivity index (χ4n) is 2.98. The van der Waals surface area contributed by atoms with Crippen LogP contribution < -0.4 is 21.9 Å². The first-order chi connectivity index (χ1) is 12.8. The molecule has 0 saturated heterocycles. The Morgan fingerprint density at radius 2 is 2.07 bits per heavy atom. The van der Waals surface area contributed by atoms with Crippen molar-refractivity contribution < 1.29 is 4.79 Å². The fraction of sp³-hybridized carbons (Fsp3) is 0.316. The van der Waals surface area contributed by atoms with Crippen LogP contribution in [0.25, 0.3) is 10.9 Å². The molecule has 2 heterocycles. The zero-order valence-electron chi connectivity index (χ0n) is 15.7. The molecule has 1 unspecified atom stereocenters.